The highest BCUT2D eigenvalue weighted by Gasteiger charge is 2.20. The second-order valence-corrected chi connectivity index (χ2v) is 6.38. The van der Waals surface area contributed by atoms with Crippen molar-refractivity contribution >= 4 is 44.8 Å². The normalized spacial score (nSPS) is 10.9. The van der Waals surface area contributed by atoms with Crippen molar-refractivity contribution < 1.29 is 14.7 Å². The molecule has 4 nitrogen and oxygen atoms in total. The minimum Gasteiger partial charge on any atom is -0.478 e. The predicted molar refractivity (Wildman–Crippen MR) is 91.7 cm³/mol. The van der Waals surface area contributed by atoms with Crippen molar-refractivity contribution in [3.8, 4) is 0 Å². The summed E-state index contributed by atoms with van der Waals surface area (Å²) < 4.78 is 2.28. The lowest BCUT2D eigenvalue weighted by atomic mass is 10.0. The summed E-state index contributed by atoms with van der Waals surface area (Å²) in [6.45, 7) is 1.81. The lowest BCUT2D eigenvalue weighted by molar-refractivity contribution is 0.0696. The zero-order chi connectivity index (χ0) is 16.7. The van der Waals surface area contributed by atoms with Gasteiger partial charge in [-0.3, -0.25) is 4.79 Å². The molecular formula is C17H11BrClNO3. The van der Waals surface area contributed by atoms with Gasteiger partial charge in [-0.1, -0.05) is 23.7 Å². The molecule has 0 atom stereocenters. The van der Waals surface area contributed by atoms with E-state index in [0.29, 0.717) is 26.3 Å². The predicted octanol–water partition coefficient (Wildman–Crippen LogP) is 4.59. The molecule has 0 aliphatic heterocycles. The fourth-order valence-electron chi connectivity index (χ4n) is 2.51. The van der Waals surface area contributed by atoms with Crippen molar-refractivity contribution in [2.45, 2.75) is 6.92 Å². The average molecular weight is 393 g/mol. The quantitative estimate of drug-likeness (QED) is 0.663. The van der Waals surface area contributed by atoms with Crippen LogP contribution in [0.15, 0.2) is 47.1 Å². The number of pyridine rings is 1. The number of hydrogen-bond donors (Lipinski definition) is 1. The average Bonchev–Trinajstić information content (AvgIpc) is 2.83. The zero-order valence-corrected chi connectivity index (χ0v) is 14.4. The van der Waals surface area contributed by atoms with Crippen LogP contribution in [0.4, 0.5) is 0 Å². The van der Waals surface area contributed by atoms with Crippen LogP contribution in [-0.2, 0) is 0 Å². The molecule has 116 valence electrons. The van der Waals surface area contributed by atoms with Gasteiger partial charge in [0, 0.05) is 16.2 Å². The molecule has 0 fully saturated rings. The Labute approximate surface area is 145 Å². The second kappa shape index (κ2) is 5.83. The van der Waals surface area contributed by atoms with Crippen molar-refractivity contribution in [1.29, 1.82) is 0 Å². The molecule has 6 heteroatoms. The smallest absolute Gasteiger partial charge is 0.337 e. The van der Waals surface area contributed by atoms with Crippen molar-refractivity contribution in [2.75, 3.05) is 0 Å². The molecule has 23 heavy (non-hydrogen) atoms. The first-order valence-electron chi connectivity index (χ1n) is 6.74. The largest absolute Gasteiger partial charge is 0.478 e. The van der Waals surface area contributed by atoms with Gasteiger partial charge in [-0.05, 0) is 52.7 Å². The number of carbonyl (C=O) groups excluding carboxylic acids is 1. The molecule has 0 unspecified atom stereocenters. The van der Waals surface area contributed by atoms with E-state index < -0.39 is 5.97 Å². The summed E-state index contributed by atoms with van der Waals surface area (Å²) in [5.41, 5.74) is 2.35. The molecule has 0 radical (unpaired) electrons. The van der Waals surface area contributed by atoms with E-state index in [4.69, 9.17) is 16.7 Å². The first kappa shape index (κ1) is 15.8. The second-order valence-electron chi connectivity index (χ2n) is 5.12. The Morgan fingerprint density at radius 3 is 2.61 bits per heavy atom. The number of halogens is 2. The van der Waals surface area contributed by atoms with E-state index in [1.165, 1.54) is 12.3 Å². The number of hydrogen-bond acceptors (Lipinski definition) is 2. The lowest BCUT2D eigenvalue weighted by Gasteiger charge is -2.08. The van der Waals surface area contributed by atoms with E-state index in [-0.39, 0.29) is 11.3 Å². The maximum atomic E-state index is 12.9. The van der Waals surface area contributed by atoms with Gasteiger partial charge in [0.25, 0.3) is 0 Å². The first-order valence-corrected chi connectivity index (χ1v) is 7.91. The summed E-state index contributed by atoms with van der Waals surface area (Å²) in [5, 5.41) is 9.53. The third-order valence-corrected chi connectivity index (χ3v) is 4.59. The number of aromatic carboxylic acids is 1. The van der Waals surface area contributed by atoms with Gasteiger partial charge in [0.05, 0.1) is 21.8 Å². The highest BCUT2D eigenvalue weighted by molar-refractivity contribution is 9.10. The fraction of sp³-hybridized carbons (Fsp3) is 0.0588. The summed E-state index contributed by atoms with van der Waals surface area (Å²) in [5.74, 6) is -1.31. The van der Waals surface area contributed by atoms with E-state index in [1.54, 1.807) is 28.7 Å². The Morgan fingerprint density at radius 2 is 1.96 bits per heavy atom. The van der Waals surface area contributed by atoms with Crippen LogP contribution in [0.25, 0.3) is 5.52 Å². The molecule has 0 spiro atoms. The summed E-state index contributed by atoms with van der Waals surface area (Å²) in [6, 6.07) is 10.1. The van der Waals surface area contributed by atoms with Gasteiger partial charge in [0.15, 0.2) is 0 Å². The number of aryl methyl sites for hydroxylation is 1. The molecule has 0 bridgehead atoms. The summed E-state index contributed by atoms with van der Waals surface area (Å²) in [6.07, 6.45) is 1.43. The molecule has 2 aromatic heterocycles. The molecule has 0 amide bonds. The number of carbonyl (C=O) groups is 2. The molecule has 0 saturated carbocycles. The highest BCUT2D eigenvalue weighted by Crippen LogP contribution is 2.28. The number of carboxylic acids is 1. The van der Waals surface area contributed by atoms with Gasteiger partial charge in [-0.15, -0.1) is 0 Å². The Kier molecular flexibility index (Phi) is 4.00. The Morgan fingerprint density at radius 1 is 1.22 bits per heavy atom. The minimum absolute atomic E-state index is 0.102. The van der Waals surface area contributed by atoms with Crippen molar-refractivity contribution in [3.63, 3.8) is 0 Å². The standard InChI is InChI=1S/C17H11BrClNO3/c1-9-3-2-4-12(19)15(9)16(21)14-7-11(18)13-6-5-10(17(22)23)8-20(13)14/h2-8H,1H3,(H,22,23). The number of benzene rings is 1. The van der Waals surface area contributed by atoms with Gasteiger partial charge >= 0.3 is 5.97 Å². The molecule has 3 rings (SSSR count). The van der Waals surface area contributed by atoms with E-state index in [0.717, 1.165) is 5.56 Å². The topological polar surface area (TPSA) is 58.8 Å². The summed E-state index contributed by atoms with van der Waals surface area (Å²) in [7, 11) is 0. The Bertz CT molecular complexity index is 942. The van der Waals surface area contributed by atoms with Crippen LogP contribution in [0.3, 0.4) is 0 Å². The number of carboxylic acid groups (broad SMARTS) is 1. The Balaban J connectivity index is 2.25. The zero-order valence-electron chi connectivity index (χ0n) is 12.0. The number of rotatable bonds is 3. The highest BCUT2D eigenvalue weighted by atomic mass is 79.9. The minimum atomic E-state index is -1.05. The van der Waals surface area contributed by atoms with Crippen molar-refractivity contribution in [2.24, 2.45) is 0 Å². The first-order chi connectivity index (χ1) is 10.9. The van der Waals surface area contributed by atoms with E-state index in [1.807, 2.05) is 13.0 Å². The number of aromatic nitrogens is 1. The van der Waals surface area contributed by atoms with Gasteiger partial charge in [0.1, 0.15) is 0 Å². The van der Waals surface area contributed by atoms with Gasteiger partial charge in [0.2, 0.25) is 5.78 Å². The summed E-state index contributed by atoms with van der Waals surface area (Å²) in [4.78, 5) is 24.1. The van der Waals surface area contributed by atoms with Gasteiger partial charge < -0.3 is 9.51 Å². The lowest BCUT2D eigenvalue weighted by Crippen LogP contribution is -2.09. The van der Waals surface area contributed by atoms with Gasteiger partial charge in [-0.25, -0.2) is 4.79 Å². The van der Waals surface area contributed by atoms with Crippen LogP contribution in [0.5, 0.6) is 0 Å². The van der Waals surface area contributed by atoms with E-state index in [9.17, 15) is 9.59 Å². The monoisotopic (exact) mass is 391 g/mol. The van der Waals surface area contributed by atoms with Crippen LogP contribution in [0, 0.1) is 6.92 Å². The van der Waals surface area contributed by atoms with Crippen LogP contribution in [0.2, 0.25) is 5.02 Å². The summed E-state index contributed by atoms with van der Waals surface area (Å²) >= 11 is 9.58. The van der Waals surface area contributed by atoms with Crippen molar-refractivity contribution in [3.05, 3.63) is 74.5 Å². The van der Waals surface area contributed by atoms with Gasteiger partial charge in [-0.2, -0.15) is 0 Å². The van der Waals surface area contributed by atoms with Crippen LogP contribution in [-0.4, -0.2) is 21.3 Å². The molecular weight excluding hydrogens is 382 g/mol. The van der Waals surface area contributed by atoms with Crippen LogP contribution < -0.4 is 0 Å². The third kappa shape index (κ3) is 2.66. The number of nitrogens with zero attached hydrogens (tertiary/aromatic N) is 1. The van der Waals surface area contributed by atoms with Crippen molar-refractivity contribution in [1.82, 2.24) is 4.40 Å². The molecule has 2 heterocycles. The molecule has 3 aromatic rings. The molecule has 0 saturated heterocycles. The fourth-order valence-corrected chi connectivity index (χ4v) is 3.35. The van der Waals surface area contributed by atoms with Crippen LogP contribution >= 0.6 is 27.5 Å². The SMILES string of the molecule is Cc1cccc(Cl)c1C(=O)c1cc(Br)c2ccc(C(=O)O)cn12. The number of ketones is 1. The van der Waals surface area contributed by atoms with Crippen LogP contribution in [0.1, 0.15) is 32.0 Å². The molecule has 0 aliphatic rings. The Hall–Kier alpha value is -2.11. The molecule has 1 N–H and O–H groups in total. The van der Waals surface area contributed by atoms with E-state index >= 15 is 0 Å². The molecule has 1 aromatic carbocycles. The maximum absolute atomic E-state index is 12.9. The third-order valence-electron chi connectivity index (χ3n) is 3.64. The maximum Gasteiger partial charge on any atom is 0.337 e. The van der Waals surface area contributed by atoms with E-state index in [2.05, 4.69) is 15.9 Å². The molecule has 0 aliphatic carbocycles. The number of fused-ring (bicyclic) bond motifs is 1.